The Bertz CT molecular complexity index is 397. The summed E-state index contributed by atoms with van der Waals surface area (Å²) in [5.41, 5.74) is 5.54. The highest BCUT2D eigenvalue weighted by atomic mass is 28.4. The lowest BCUT2D eigenvalue weighted by atomic mass is 9.80. The van der Waals surface area contributed by atoms with Gasteiger partial charge in [0.25, 0.3) is 0 Å². The number of carbonyl (C=O) groups is 1. The van der Waals surface area contributed by atoms with Crippen molar-refractivity contribution in [2.75, 3.05) is 21.3 Å². The van der Waals surface area contributed by atoms with Gasteiger partial charge in [-0.1, -0.05) is 19.4 Å². The van der Waals surface area contributed by atoms with E-state index in [-0.39, 0.29) is 5.78 Å². The Morgan fingerprint density at radius 3 is 2.38 bits per heavy atom. The molecule has 0 spiro atoms. The van der Waals surface area contributed by atoms with Crippen molar-refractivity contribution >= 4 is 14.3 Å². The van der Waals surface area contributed by atoms with Gasteiger partial charge in [-0.05, 0) is 38.3 Å². The van der Waals surface area contributed by atoms with E-state index in [2.05, 4.69) is 6.92 Å². The van der Waals surface area contributed by atoms with Crippen LogP contribution in [0.25, 0.3) is 0 Å². The van der Waals surface area contributed by atoms with Crippen LogP contribution < -0.4 is 5.73 Å². The molecule has 1 fully saturated rings. The largest absolute Gasteiger partial charge is 0.396 e. The molecule has 0 radical (unpaired) electrons. The summed E-state index contributed by atoms with van der Waals surface area (Å²) in [4.78, 5) is 12.7. The van der Waals surface area contributed by atoms with E-state index >= 15 is 0 Å². The number of carbonyl (C=O) groups excluding carboxylic acids is 1. The smallest absolute Gasteiger partial charge is 0.373 e. The van der Waals surface area contributed by atoms with Gasteiger partial charge in [-0.3, -0.25) is 4.79 Å². The SMILES string of the molecule is CC=CC(=O)C1(N)CCC[Si](OC)(OC)C1(CCC)OC. The van der Waals surface area contributed by atoms with Crippen molar-refractivity contribution in [3.63, 3.8) is 0 Å². The zero-order chi connectivity index (χ0) is 16.1. The normalized spacial score (nSPS) is 32.5. The molecule has 6 heteroatoms. The molecule has 0 aromatic carbocycles. The second-order valence-corrected chi connectivity index (χ2v) is 9.26. The van der Waals surface area contributed by atoms with Crippen LogP contribution in [0, 0.1) is 0 Å². The second-order valence-electron chi connectivity index (χ2n) is 5.63. The van der Waals surface area contributed by atoms with E-state index in [0.717, 1.165) is 18.9 Å². The number of ketones is 1. The lowest BCUT2D eigenvalue weighted by Gasteiger charge is -2.56. The van der Waals surface area contributed by atoms with Crippen molar-refractivity contribution < 1.29 is 18.4 Å². The summed E-state index contributed by atoms with van der Waals surface area (Å²) < 4.78 is 17.6. The third-order valence-electron chi connectivity index (χ3n) is 4.78. The topological polar surface area (TPSA) is 70.8 Å². The summed E-state index contributed by atoms with van der Waals surface area (Å²) in [6.07, 6.45) is 6.16. The quantitative estimate of drug-likeness (QED) is 0.575. The van der Waals surface area contributed by atoms with Gasteiger partial charge >= 0.3 is 8.56 Å². The monoisotopic (exact) mass is 315 g/mol. The summed E-state index contributed by atoms with van der Waals surface area (Å²) in [7, 11) is 2.14. The molecule has 1 heterocycles. The van der Waals surface area contributed by atoms with Crippen LogP contribution in [0.15, 0.2) is 12.2 Å². The zero-order valence-corrected chi connectivity index (χ0v) is 14.9. The molecule has 2 N–H and O–H groups in total. The molecule has 1 rings (SSSR count). The van der Waals surface area contributed by atoms with E-state index in [1.807, 2.05) is 6.92 Å². The lowest BCUT2D eigenvalue weighted by molar-refractivity contribution is -0.134. The Labute approximate surface area is 129 Å². The molecule has 0 aromatic heterocycles. The van der Waals surface area contributed by atoms with Gasteiger partial charge in [0.1, 0.15) is 10.8 Å². The predicted molar refractivity (Wildman–Crippen MR) is 85.2 cm³/mol. The molecule has 21 heavy (non-hydrogen) atoms. The summed E-state index contributed by atoms with van der Waals surface area (Å²) in [6, 6.07) is 0.788. The van der Waals surface area contributed by atoms with Crippen LogP contribution in [0.5, 0.6) is 0 Å². The minimum absolute atomic E-state index is 0.106. The molecule has 0 bridgehead atoms. The van der Waals surface area contributed by atoms with Gasteiger partial charge in [0.05, 0.1) is 0 Å². The van der Waals surface area contributed by atoms with Crippen LogP contribution in [0.4, 0.5) is 0 Å². The van der Waals surface area contributed by atoms with Crippen molar-refractivity contribution in [3.8, 4) is 0 Å². The van der Waals surface area contributed by atoms with E-state index in [1.54, 1.807) is 33.5 Å². The van der Waals surface area contributed by atoms with E-state index in [1.165, 1.54) is 0 Å². The molecule has 1 saturated heterocycles. The maximum atomic E-state index is 12.7. The number of hydrogen-bond donors (Lipinski definition) is 1. The Morgan fingerprint density at radius 2 is 1.95 bits per heavy atom. The fraction of sp³-hybridized carbons (Fsp3) is 0.800. The second kappa shape index (κ2) is 7.15. The molecule has 122 valence electrons. The van der Waals surface area contributed by atoms with E-state index in [9.17, 15) is 4.79 Å². The van der Waals surface area contributed by atoms with Gasteiger partial charge in [-0.15, -0.1) is 0 Å². The molecule has 2 atom stereocenters. The summed E-state index contributed by atoms with van der Waals surface area (Å²) in [6.45, 7) is 3.87. The van der Waals surface area contributed by atoms with Crippen molar-refractivity contribution in [2.24, 2.45) is 5.73 Å². The number of hydrogen-bond acceptors (Lipinski definition) is 5. The number of rotatable bonds is 7. The van der Waals surface area contributed by atoms with Gasteiger partial charge in [0, 0.05) is 21.3 Å². The van der Waals surface area contributed by atoms with Crippen molar-refractivity contribution in [2.45, 2.75) is 56.3 Å². The molecule has 1 aliphatic heterocycles. The van der Waals surface area contributed by atoms with Gasteiger partial charge in [0.2, 0.25) is 0 Å². The maximum absolute atomic E-state index is 12.7. The highest BCUT2D eigenvalue weighted by Gasteiger charge is 2.70. The predicted octanol–water partition coefficient (Wildman–Crippen LogP) is 2.08. The third kappa shape index (κ3) is 2.64. The van der Waals surface area contributed by atoms with Crippen molar-refractivity contribution in [1.82, 2.24) is 0 Å². The molecule has 2 unspecified atom stereocenters. The van der Waals surface area contributed by atoms with E-state index < -0.39 is 19.3 Å². The van der Waals surface area contributed by atoms with Gasteiger partial charge in [-0.2, -0.15) is 0 Å². The molecule has 0 aliphatic carbocycles. The summed E-state index contributed by atoms with van der Waals surface area (Å²) >= 11 is 0. The average molecular weight is 315 g/mol. The molecule has 5 nitrogen and oxygen atoms in total. The zero-order valence-electron chi connectivity index (χ0n) is 13.9. The first-order valence-electron chi connectivity index (χ1n) is 7.55. The fourth-order valence-corrected chi connectivity index (χ4v) is 7.94. The van der Waals surface area contributed by atoms with Crippen molar-refractivity contribution in [3.05, 3.63) is 12.2 Å². The van der Waals surface area contributed by atoms with Crippen molar-refractivity contribution in [1.29, 1.82) is 0 Å². The van der Waals surface area contributed by atoms with Gasteiger partial charge in [0.15, 0.2) is 5.78 Å². The Hall–Kier alpha value is -0.533. The van der Waals surface area contributed by atoms with Crippen LogP contribution in [0.3, 0.4) is 0 Å². The minimum Gasteiger partial charge on any atom is -0.396 e. The standard InChI is InChI=1S/C15H29NO4Si/c1-6-9-13(17)14(16)11-8-12-21(19-4,20-5)15(14,18-3)10-7-2/h6,9H,7-8,10-12,16H2,1-5H3. The van der Waals surface area contributed by atoms with Gasteiger partial charge in [-0.25, -0.2) is 0 Å². The molecule has 0 amide bonds. The van der Waals surface area contributed by atoms with Crippen LogP contribution >= 0.6 is 0 Å². The molecular weight excluding hydrogens is 286 g/mol. The van der Waals surface area contributed by atoms with Crippen LogP contribution in [0.2, 0.25) is 6.04 Å². The number of methoxy groups -OCH3 is 1. The van der Waals surface area contributed by atoms with Crippen LogP contribution in [-0.4, -0.2) is 46.4 Å². The van der Waals surface area contributed by atoms with Crippen LogP contribution in [-0.2, 0) is 18.4 Å². The molecule has 0 aromatic rings. The Kier molecular flexibility index (Phi) is 6.31. The first-order valence-corrected chi connectivity index (χ1v) is 9.57. The molecule has 1 aliphatic rings. The first kappa shape index (κ1) is 18.5. The van der Waals surface area contributed by atoms with Crippen LogP contribution in [0.1, 0.15) is 39.5 Å². The first-order chi connectivity index (χ1) is 9.93. The maximum Gasteiger partial charge on any atom is 0.373 e. The number of allylic oxidation sites excluding steroid dienone is 1. The fourth-order valence-electron chi connectivity index (χ4n) is 3.79. The van der Waals surface area contributed by atoms with Gasteiger partial charge < -0.3 is 19.3 Å². The highest BCUT2D eigenvalue weighted by molar-refractivity contribution is 6.71. The lowest BCUT2D eigenvalue weighted by Crippen LogP contribution is -2.80. The molecule has 0 saturated carbocycles. The summed E-state index contributed by atoms with van der Waals surface area (Å²) in [5.74, 6) is -0.106. The van der Waals surface area contributed by atoms with E-state index in [4.69, 9.17) is 19.3 Å². The number of ether oxygens (including phenoxy) is 1. The average Bonchev–Trinajstić information content (AvgIpc) is 2.49. The molecular formula is C15H29NO4Si. The number of nitrogens with two attached hydrogens (primary N) is 1. The third-order valence-corrected chi connectivity index (χ3v) is 9.24. The minimum atomic E-state index is -2.76. The summed E-state index contributed by atoms with van der Waals surface area (Å²) in [5, 5.41) is -0.868. The highest BCUT2D eigenvalue weighted by Crippen LogP contribution is 2.48. The Balaban J connectivity index is 3.50. The van der Waals surface area contributed by atoms with E-state index in [0.29, 0.717) is 12.8 Å². The Morgan fingerprint density at radius 1 is 1.33 bits per heavy atom.